The van der Waals surface area contributed by atoms with Crippen molar-refractivity contribution in [2.45, 2.75) is 6.42 Å². The molecule has 4 rings (SSSR count). The average Bonchev–Trinajstić information content (AvgIpc) is 3.35. The van der Waals surface area contributed by atoms with Gasteiger partial charge in [-0.25, -0.2) is 5.01 Å². The zero-order valence-electron chi connectivity index (χ0n) is 14.8. The maximum absolute atomic E-state index is 12.9. The Labute approximate surface area is 164 Å². The van der Waals surface area contributed by atoms with Crippen molar-refractivity contribution >= 4 is 27.5 Å². The second-order valence-corrected chi connectivity index (χ2v) is 6.83. The highest BCUT2D eigenvalue weighted by atomic mass is 79.9. The predicted octanol–water partition coefficient (Wildman–Crippen LogP) is 3.45. The van der Waals surface area contributed by atoms with E-state index >= 15 is 0 Å². The Bertz CT molecular complexity index is 944. The van der Waals surface area contributed by atoms with Crippen molar-refractivity contribution in [1.29, 1.82) is 0 Å². The summed E-state index contributed by atoms with van der Waals surface area (Å²) in [5.74, 6) is 2.26. The fourth-order valence-electron chi connectivity index (χ4n) is 3.04. The minimum absolute atomic E-state index is 0.157. The lowest BCUT2D eigenvalue weighted by Crippen LogP contribution is -2.23. The van der Waals surface area contributed by atoms with Gasteiger partial charge in [-0.1, -0.05) is 0 Å². The average molecular weight is 433 g/mol. The van der Waals surface area contributed by atoms with Crippen LogP contribution in [0.3, 0.4) is 0 Å². The van der Waals surface area contributed by atoms with E-state index in [1.165, 1.54) is 5.01 Å². The molecule has 2 aliphatic rings. The Balaban J connectivity index is 1.60. The lowest BCUT2D eigenvalue weighted by Gasteiger charge is -2.13. The van der Waals surface area contributed by atoms with Crippen LogP contribution in [0, 0.1) is 0 Å². The number of hydrazone groups is 1. The molecule has 0 saturated carbocycles. The number of methoxy groups -OCH3 is 2. The van der Waals surface area contributed by atoms with Crippen molar-refractivity contribution in [2.24, 2.45) is 5.10 Å². The molecule has 2 aliphatic heterocycles. The molecule has 0 unspecified atom stereocenters. The SMILES string of the molecule is COc1ccc(C2=NN(C(=O)c3cc4c(cc3Br)OCO4)CC2)cc1OC. The van der Waals surface area contributed by atoms with Crippen molar-refractivity contribution in [3.8, 4) is 23.0 Å². The van der Waals surface area contributed by atoms with Gasteiger partial charge in [-0.15, -0.1) is 0 Å². The van der Waals surface area contributed by atoms with Crippen LogP contribution in [-0.2, 0) is 0 Å². The third kappa shape index (κ3) is 3.21. The van der Waals surface area contributed by atoms with Crippen LogP contribution in [-0.4, -0.2) is 44.2 Å². The van der Waals surface area contributed by atoms with Gasteiger partial charge in [0.25, 0.3) is 5.91 Å². The molecule has 140 valence electrons. The highest BCUT2D eigenvalue weighted by Crippen LogP contribution is 2.37. The third-order valence-corrected chi connectivity index (χ3v) is 5.10. The molecule has 0 atom stereocenters. The number of amides is 1. The molecule has 1 amide bonds. The number of hydrogen-bond donors (Lipinski definition) is 0. The number of benzene rings is 2. The van der Waals surface area contributed by atoms with Gasteiger partial charge in [0.2, 0.25) is 6.79 Å². The van der Waals surface area contributed by atoms with Crippen molar-refractivity contribution in [3.63, 3.8) is 0 Å². The molecule has 0 spiro atoms. The van der Waals surface area contributed by atoms with Crippen LogP contribution in [0.4, 0.5) is 0 Å². The molecule has 8 heteroatoms. The first kappa shape index (κ1) is 17.7. The van der Waals surface area contributed by atoms with E-state index < -0.39 is 0 Å². The molecule has 0 aliphatic carbocycles. The second kappa shape index (κ2) is 7.11. The molecule has 2 aromatic carbocycles. The lowest BCUT2D eigenvalue weighted by molar-refractivity contribution is 0.0777. The molecular weight excluding hydrogens is 416 g/mol. The highest BCUT2D eigenvalue weighted by Gasteiger charge is 2.27. The fourth-order valence-corrected chi connectivity index (χ4v) is 3.53. The highest BCUT2D eigenvalue weighted by molar-refractivity contribution is 9.10. The Morgan fingerprint density at radius 2 is 1.85 bits per heavy atom. The van der Waals surface area contributed by atoms with Gasteiger partial charge in [0, 0.05) is 16.5 Å². The first-order valence-corrected chi connectivity index (χ1v) is 9.11. The molecule has 2 heterocycles. The largest absolute Gasteiger partial charge is 0.493 e. The smallest absolute Gasteiger partial charge is 0.275 e. The van der Waals surface area contributed by atoms with Crippen LogP contribution in [0.15, 0.2) is 39.9 Å². The first-order valence-electron chi connectivity index (χ1n) is 8.31. The van der Waals surface area contributed by atoms with Gasteiger partial charge in [0.1, 0.15) is 0 Å². The summed E-state index contributed by atoms with van der Waals surface area (Å²) in [4.78, 5) is 12.9. The second-order valence-electron chi connectivity index (χ2n) is 5.98. The molecule has 0 bridgehead atoms. The monoisotopic (exact) mass is 432 g/mol. The number of fused-ring (bicyclic) bond motifs is 1. The lowest BCUT2D eigenvalue weighted by atomic mass is 10.1. The third-order valence-electron chi connectivity index (χ3n) is 4.45. The van der Waals surface area contributed by atoms with E-state index in [0.29, 0.717) is 46.0 Å². The van der Waals surface area contributed by atoms with Crippen LogP contribution in [0.5, 0.6) is 23.0 Å². The summed E-state index contributed by atoms with van der Waals surface area (Å²) in [7, 11) is 3.18. The molecule has 0 saturated heterocycles. The number of carbonyl (C=O) groups is 1. The predicted molar refractivity (Wildman–Crippen MR) is 102 cm³/mol. The Morgan fingerprint density at radius 3 is 2.59 bits per heavy atom. The van der Waals surface area contributed by atoms with Gasteiger partial charge in [-0.05, 0) is 46.3 Å². The van der Waals surface area contributed by atoms with E-state index in [0.717, 1.165) is 11.3 Å². The first-order chi connectivity index (χ1) is 13.1. The van der Waals surface area contributed by atoms with Crippen molar-refractivity contribution in [2.75, 3.05) is 27.6 Å². The van der Waals surface area contributed by atoms with E-state index in [4.69, 9.17) is 18.9 Å². The summed E-state index contributed by atoms with van der Waals surface area (Å²) in [5, 5.41) is 5.98. The zero-order valence-corrected chi connectivity index (χ0v) is 16.4. The molecule has 0 radical (unpaired) electrons. The standard InChI is InChI=1S/C19H17BrN2O5/c1-24-15-4-3-11(7-16(15)25-2)14-5-6-22(21-14)19(23)12-8-17-18(9-13(12)20)27-10-26-17/h3-4,7-9H,5-6,10H2,1-2H3. The van der Waals surface area contributed by atoms with E-state index in [1.54, 1.807) is 26.4 Å². The van der Waals surface area contributed by atoms with Crippen LogP contribution in [0.1, 0.15) is 22.3 Å². The minimum atomic E-state index is -0.198. The van der Waals surface area contributed by atoms with E-state index in [-0.39, 0.29) is 12.7 Å². The van der Waals surface area contributed by atoms with Crippen LogP contribution in [0.2, 0.25) is 0 Å². The minimum Gasteiger partial charge on any atom is -0.493 e. The van der Waals surface area contributed by atoms with Gasteiger partial charge in [0.05, 0.1) is 32.0 Å². The summed E-state index contributed by atoms with van der Waals surface area (Å²) in [5.41, 5.74) is 2.20. The van der Waals surface area contributed by atoms with Crippen molar-refractivity contribution < 1.29 is 23.7 Å². The summed E-state index contributed by atoms with van der Waals surface area (Å²) in [6, 6.07) is 9.02. The maximum atomic E-state index is 12.9. The topological polar surface area (TPSA) is 69.6 Å². The number of carbonyl (C=O) groups excluding carboxylic acids is 1. The van der Waals surface area contributed by atoms with Crippen molar-refractivity contribution in [3.05, 3.63) is 45.9 Å². The van der Waals surface area contributed by atoms with Gasteiger partial charge < -0.3 is 18.9 Å². The normalized spacial score (nSPS) is 14.9. The summed E-state index contributed by atoms with van der Waals surface area (Å²) >= 11 is 3.43. The van der Waals surface area contributed by atoms with Crippen molar-refractivity contribution in [1.82, 2.24) is 5.01 Å². The van der Waals surface area contributed by atoms with Gasteiger partial charge in [-0.2, -0.15) is 5.10 Å². The number of hydrogen-bond acceptors (Lipinski definition) is 6. The van der Waals surface area contributed by atoms with E-state index in [2.05, 4.69) is 21.0 Å². The number of nitrogens with zero attached hydrogens (tertiary/aromatic N) is 2. The summed E-state index contributed by atoms with van der Waals surface area (Å²) in [6.07, 6.45) is 0.656. The van der Waals surface area contributed by atoms with Gasteiger partial charge in [-0.3, -0.25) is 4.79 Å². The summed E-state index contributed by atoms with van der Waals surface area (Å²) < 4.78 is 22.0. The Morgan fingerprint density at radius 1 is 1.11 bits per heavy atom. The molecule has 7 nitrogen and oxygen atoms in total. The molecule has 0 aromatic heterocycles. The maximum Gasteiger partial charge on any atom is 0.275 e. The summed E-state index contributed by atoms with van der Waals surface area (Å²) in [6.45, 7) is 0.661. The van der Waals surface area contributed by atoms with Gasteiger partial charge in [0.15, 0.2) is 23.0 Å². The number of halogens is 1. The Kier molecular flexibility index (Phi) is 4.65. The zero-order chi connectivity index (χ0) is 19.0. The molecular formula is C19H17BrN2O5. The van der Waals surface area contributed by atoms with Crippen LogP contribution in [0.25, 0.3) is 0 Å². The van der Waals surface area contributed by atoms with E-state index in [1.807, 2.05) is 18.2 Å². The molecule has 2 aromatic rings. The molecule has 0 N–H and O–H groups in total. The Hall–Kier alpha value is -2.74. The molecule has 27 heavy (non-hydrogen) atoms. The number of ether oxygens (including phenoxy) is 4. The van der Waals surface area contributed by atoms with Crippen LogP contribution < -0.4 is 18.9 Å². The van der Waals surface area contributed by atoms with E-state index in [9.17, 15) is 4.79 Å². The van der Waals surface area contributed by atoms with Crippen LogP contribution >= 0.6 is 15.9 Å². The molecule has 0 fully saturated rings. The fraction of sp³-hybridized carbons (Fsp3) is 0.263. The number of rotatable bonds is 4. The quantitative estimate of drug-likeness (QED) is 0.739. The van der Waals surface area contributed by atoms with Gasteiger partial charge >= 0.3 is 0 Å².